The molecular formula is C111H124F12N12O6S3. The maximum atomic E-state index is 15.0. The third-order valence-corrected chi connectivity index (χ3v) is 24.3. The highest BCUT2D eigenvalue weighted by Gasteiger charge is 2.40. The van der Waals surface area contributed by atoms with E-state index in [2.05, 4.69) is 15.0 Å². The van der Waals surface area contributed by atoms with Gasteiger partial charge in [-0.15, -0.1) is 0 Å². The number of amides is 3. The van der Waals surface area contributed by atoms with Crippen LogP contribution in [-0.4, -0.2) is 167 Å². The second kappa shape index (κ2) is 50.6. The molecule has 6 atom stereocenters. The first-order chi connectivity index (χ1) is 90.2. The summed E-state index contributed by atoms with van der Waals surface area (Å²) in [7, 11) is 0. The number of allylic oxidation sites excluding steroid dienone is 7. The number of aromatic nitrogens is 6. The Morgan fingerprint density at radius 2 is 0.771 bits per heavy atom. The number of carbonyl (C=O) groups is 3. The van der Waals surface area contributed by atoms with E-state index in [0.29, 0.717) is 81.9 Å². The molecule has 0 spiro atoms. The van der Waals surface area contributed by atoms with Crippen LogP contribution in [0, 0.1) is 35.2 Å². The van der Waals surface area contributed by atoms with Crippen LogP contribution in [0.15, 0.2) is 246 Å². The first-order valence-corrected chi connectivity index (χ1v) is 46.3. The summed E-state index contributed by atoms with van der Waals surface area (Å²) in [5, 5.41) is -1.58. The zero-order valence-electron chi connectivity index (χ0n) is 133. The molecule has 3 amide bonds. The number of nitrogens with zero attached hydrogens (tertiary/aromatic N) is 12. The van der Waals surface area contributed by atoms with E-state index in [1.807, 2.05) is 0 Å². The first-order valence-electron chi connectivity index (χ1n) is 71.0. The molecule has 18 nitrogen and oxygen atoms in total. The van der Waals surface area contributed by atoms with Gasteiger partial charge in [0.2, 0.25) is 17.7 Å². The molecule has 0 saturated heterocycles. The number of carbonyl (C=O) groups excluding carboxylic acids is 3. The summed E-state index contributed by atoms with van der Waals surface area (Å²) < 4.78 is 638. The molecule has 766 valence electrons. The number of hydrogen-bond donors (Lipinski definition) is 0. The van der Waals surface area contributed by atoms with Gasteiger partial charge in [-0.25, -0.2) is 13.2 Å². The molecule has 0 aliphatic heterocycles. The van der Waals surface area contributed by atoms with Gasteiger partial charge in [-0.05, 0) is 242 Å². The van der Waals surface area contributed by atoms with Crippen molar-refractivity contribution in [2.24, 2.45) is 17.7 Å². The molecule has 144 heavy (non-hydrogen) atoms. The molecule has 3 heterocycles. The Bertz CT molecular complexity index is 9400. The van der Waals surface area contributed by atoms with Gasteiger partial charge < -0.3 is 43.1 Å². The molecule has 7 aromatic carbocycles. The number of fused-ring (bicyclic) bond motifs is 3. The van der Waals surface area contributed by atoms with Gasteiger partial charge in [0.15, 0.2) is 15.5 Å². The molecule has 0 saturated carbocycles. The maximum absolute atomic E-state index is 15.0. The van der Waals surface area contributed by atoms with Gasteiger partial charge in [-0.1, -0.05) is 236 Å². The van der Waals surface area contributed by atoms with Gasteiger partial charge in [0.05, 0.1) is 52.2 Å². The Morgan fingerprint density at radius 1 is 0.403 bits per heavy atom. The summed E-state index contributed by atoms with van der Waals surface area (Å²) in [5.74, 6) is -17.7. The van der Waals surface area contributed by atoms with E-state index in [-0.39, 0.29) is 45.3 Å². The Labute approximate surface area is 923 Å². The van der Waals surface area contributed by atoms with Crippen molar-refractivity contribution in [3.63, 3.8) is 0 Å². The maximum Gasteiger partial charge on any atom is 0.416 e. The Morgan fingerprint density at radius 3 is 1.17 bits per heavy atom. The highest BCUT2D eigenvalue weighted by atomic mass is 32.2. The normalized spacial score (nSPS) is 26.2. The van der Waals surface area contributed by atoms with Crippen molar-refractivity contribution < 1.29 is 142 Å². The Kier molecular flexibility index (Phi) is 20.3. The lowest BCUT2D eigenvalue weighted by molar-refractivity contribution is -0.138. The molecule has 6 unspecified atom stereocenters. The molecule has 0 fully saturated rings. The smallest absolute Gasteiger partial charge is 0.336 e. The topological polar surface area (TPSA) is 175 Å². The van der Waals surface area contributed by atoms with Crippen LogP contribution >= 0.6 is 35.3 Å². The first kappa shape index (κ1) is 57.7. The number of halogens is 12. The molecular weight excluding hydrogens is 1920 g/mol. The van der Waals surface area contributed by atoms with E-state index in [9.17, 15) is 84.9 Å². The van der Waals surface area contributed by atoms with E-state index in [4.69, 9.17) is 67.2 Å². The molecule has 5 aliphatic carbocycles. The third kappa shape index (κ3) is 29.8. The van der Waals surface area contributed by atoms with Crippen LogP contribution < -0.4 is 16.7 Å². The third-order valence-electron chi connectivity index (χ3n) is 21.3. The zero-order valence-corrected chi connectivity index (χ0v) is 80.1. The molecule has 10 aromatic rings. The largest absolute Gasteiger partial charge is 0.416 e. The Balaban J connectivity index is 0.000000240. The lowest BCUT2D eigenvalue weighted by Gasteiger charge is -2.30. The summed E-state index contributed by atoms with van der Waals surface area (Å²) in [4.78, 5) is 99.8. The van der Waals surface area contributed by atoms with Crippen LogP contribution in [0.2, 0.25) is 0 Å². The van der Waals surface area contributed by atoms with Crippen molar-refractivity contribution >= 4 is 53.0 Å². The Hall–Kier alpha value is -11.4. The number of thioether (sulfide) groups is 3. The molecule has 0 radical (unpaired) electrons. The lowest BCUT2D eigenvalue weighted by Crippen LogP contribution is -2.42. The van der Waals surface area contributed by atoms with Crippen LogP contribution in [-0.2, 0) is 115 Å². The number of rotatable bonds is 39. The van der Waals surface area contributed by atoms with Gasteiger partial charge in [0.1, 0.15) is 37.1 Å². The number of benzene rings is 7. The van der Waals surface area contributed by atoms with E-state index >= 15 is 4.79 Å². The monoisotopic (exact) mass is 2100 g/mol. The van der Waals surface area contributed by atoms with Gasteiger partial charge in [-0.3, -0.25) is 28.8 Å². The summed E-state index contributed by atoms with van der Waals surface area (Å²) >= 11 is 1.43. The molecule has 3 aromatic heterocycles. The molecule has 0 N–H and O–H groups in total. The van der Waals surface area contributed by atoms with Crippen molar-refractivity contribution in [3.8, 4) is 22.3 Å². The van der Waals surface area contributed by atoms with Crippen molar-refractivity contribution in [2.75, 3.05) is 84.7 Å². The standard InChI is InChI=1S/2C37H40F4N4O2S.C37H44F4N4O2S/c2*1-4-43(5-2)18-19-44(22-26-6-10-28(11-7-26)29-12-14-30(15-13-29)37(39,40)41)34(46)23-45-33-21-25(3)20-32(33)35(47)42-36(45)48-24-27-8-16-31(38)17-9-27;1-4-43(5-2)19-20-44(22-26-9-13-28(14-10-26)29-15-18-32(25(3)21-29)37(39,40)41)34(46)23-45-33-8-6-7-31(33)35(47)42-36(45)48-24-27-11-16-30(38)17-12-27/h2*6-17,25H,4-5,18-24H2,1-3H3;9,11-13,15-18,25H,4-8,10,14,19-24H2,1-3H3/i4D2,5D2,6D,7D,8D,9D,10D,11D,12D,13D,14D,15D,16D,17D,20D2,21D2,22D2,25D;4D2,5D2,8D,9D,16D,17D,20D2,21D2,22D2,25D;4D2,5D2,9D,10D,11D,12D,13D,14D,15D,16D,17D,18D,21D,22D2. The second-order valence-corrected chi connectivity index (χ2v) is 33.8. The number of hydrogen-bond acceptors (Lipinski definition) is 15. The van der Waals surface area contributed by atoms with Gasteiger partial charge in [-0.2, -0.15) is 54.5 Å². The predicted octanol–water partition coefficient (Wildman–Crippen LogP) is 22.4. The van der Waals surface area contributed by atoms with E-state index in [0.717, 1.165) is 79.0 Å². The minimum Gasteiger partial charge on any atom is -0.336 e. The van der Waals surface area contributed by atoms with E-state index < -0.39 is 507 Å². The average molecular weight is 2100 g/mol. The number of likely N-dealkylation sites (N-methyl/N-ethyl adjacent to an activating group) is 3. The van der Waals surface area contributed by atoms with Crippen LogP contribution in [0.4, 0.5) is 52.7 Å². The van der Waals surface area contributed by atoms with Crippen LogP contribution in [0.25, 0.3) is 22.3 Å². The van der Waals surface area contributed by atoms with Crippen molar-refractivity contribution in [2.45, 2.75) is 210 Å². The van der Waals surface area contributed by atoms with Crippen molar-refractivity contribution in [3.05, 3.63) is 337 Å². The average Bonchev–Trinajstić information content (AvgIpc) is 1.52. The van der Waals surface area contributed by atoms with Gasteiger partial charge in [0.25, 0.3) is 16.7 Å². The minimum atomic E-state index is -5.44. The predicted molar refractivity (Wildman–Crippen MR) is 544 cm³/mol. The molecule has 0 bridgehead atoms. The van der Waals surface area contributed by atoms with Crippen molar-refractivity contribution in [1.82, 2.24) is 58.1 Å². The van der Waals surface area contributed by atoms with Crippen LogP contribution in [0.5, 0.6) is 0 Å². The fourth-order valence-electron chi connectivity index (χ4n) is 14.1. The second-order valence-electron chi connectivity index (χ2n) is 30.9. The van der Waals surface area contributed by atoms with Gasteiger partial charge in [0, 0.05) is 150 Å². The lowest BCUT2D eigenvalue weighted by atomic mass is 9.82. The molecule has 15 rings (SSSR count). The van der Waals surface area contributed by atoms with Gasteiger partial charge >= 0.3 is 18.5 Å². The highest BCUT2D eigenvalue weighted by Crippen LogP contribution is 2.42. The van der Waals surface area contributed by atoms with Crippen molar-refractivity contribution in [1.29, 1.82) is 0 Å². The molecule has 5 aliphatic rings. The van der Waals surface area contributed by atoms with Crippen LogP contribution in [0.3, 0.4) is 0 Å². The highest BCUT2D eigenvalue weighted by molar-refractivity contribution is 7.98. The fraction of sp³-hybridized carbons (Fsp3) is 0.414. The SMILES string of the molecule is [2H]C1=C(C2=C([2H])C([2H])=C(C(F)(F)F)C(C)C2[2H])C([2H])C([2H])C(C([2H])([2H])N(CCN(C([2H])([2H])C)C([2H])([2H])C)C(=O)Cn2c(SCc3c([2H])c([2H])c(F)c([2H])c3[2H])nc(=O)c3c2CCC3)=C1[2H].[2H]c1c([2H])c(CSc2nc(=O)c3c(n2CC(=O)N(CCN(C([2H])([2H])C)C([2H])([2H])C)C([2H])([2H])c2c([2H])c([2H])c(-c4c([2H])c([2H])c(C(F)(F)F)c([2H])c4[2H])c([2H])c2[2H])C([2H])([2H])C([2H])(C)C3([2H])[2H])c([2H])c([2H])c1F.[2H]c1c([2H])c(CSc2nc(=O)c3c(n2CC(=O)N(CCN(C([2H])([2H])C)C([2H])([2H])C)C([2H])([2H])c2ccc(-c4ccc(C(F)(F)F)cc4)cc2)C([2H])([2H])C([2H])(C)C3([2H])[2H])c([2H])c([2H])c1F. The minimum absolute atomic E-state index is 0.107. The summed E-state index contributed by atoms with van der Waals surface area (Å²) in [6.07, 6.45) is -33.4. The summed E-state index contributed by atoms with van der Waals surface area (Å²) in [6, 6.07) is -18.4. The van der Waals surface area contributed by atoms with E-state index in [1.54, 1.807) is 0 Å². The summed E-state index contributed by atoms with van der Waals surface area (Å²) in [5.41, 5.74) is -18.3. The van der Waals surface area contributed by atoms with Crippen LogP contribution in [0.1, 0.15) is 236 Å². The quantitative estimate of drug-likeness (QED) is 0.0202. The summed E-state index contributed by atoms with van der Waals surface area (Å²) in [6.45, 7) is -25.2. The van der Waals surface area contributed by atoms with E-state index in [1.165, 1.54) is 41.0 Å². The fourth-order valence-corrected chi connectivity index (χ4v) is 16.8. The number of alkyl halides is 9. The zero-order chi connectivity index (χ0) is 152. The molecule has 33 heteroatoms.